The highest BCUT2D eigenvalue weighted by Gasteiger charge is 2.08. The van der Waals surface area contributed by atoms with Crippen LogP contribution < -0.4 is 0 Å². The minimum absolute atomic E-state index is 0.178. The second kappa shape index (κ2) is 8.51. The summed E-state index contributed by atoms with van der Waals surface area (Å²) in [6.07, 6.45) is 6.97. The summed E-state index contributed by atoms with van der Waals surface area (Å²) in [5.74, 6) is -0.178. The number of unbranched alkanes of at least 4 members (excludes halogenated alkanes) is 3. The van der Waals surface area contributed by atoms with Crippen molar-refractivity contribution in [2.24, 2.45) is 0 Å². The quantitative estimate of drug-likeness (QED) is 0.364. The maximum atomic E-state index is 11.3. The minimum Gasteiger partial charge on any atom is -0.466 e. The summed E-state index contributed by atoms with van der Waals surface area (Å²) < 4.78 is 4.73. The van der Waals surface area contributed by atoms with E-state index in [1.807, 2.05) is 6.92 Å². The number of carbonyl (C=O) groups excluding carboxylic acids is 1. The molecule has 15 heavy (non-hydrogen) atoms. The Morgan fingerprint density at radius 3 is 2.27 bits per heavy atom. The normalized spacial score (nSPS) is 12.3. The number of methoxy groups -OCH3 is 1. The number of esters is 1. The molecule has 0 atom stereocenters. The Bertz CT molecular complexity index is 217. The van der Waals surface area contributed by atoms with E-state index < -0.39 is 0 Å². The number of carbonyl (C=O) groups is 1. The van der Waals surface area contributed by atoms with Crippen molar-refractivity contribution in [1.82, 2.24) is 0 Å². The molecule has 0 rings (SSSR count). The van der Waals surface area contributed by atoms with E-state index in [4.69, 9.17) is 4.74 Å². The first-order valence-electron chi connectivity index (χ1n) is 5.94. The molecule has 0 saturated heterocycles. The van der Waals surface area contributed by atoms with E-state index in [-0.39, 0.29) is 5.97 Å². The Balaban J connectivity index is 4.15. The van der Waals surface area contributed by atoms with Gasteiger partial charge in [0, 0.05) is 5.57 Å². The van der Waals surface area contributed by atoms with Crippen molar-refractivity contribution >= 4 is 5.97 Å². The first kappa shape index (κ1) is 14.2. The molecule has 0 aliphatic carbocycles. The maximum Gasteiger partial charge on any atom is 0.333 e. The van der Waals surface area contributed by atoms with Crippen LogP contribution in [0.1, 0.15) is 59.3 Å². The SMILES string of the molecule is CCCCCC/C(CC)=C(/C)C(=O)OC. The molecule has 0 heterocycles. The van der Waals surface area contributed by atoms with Gasteiger partial charge in [0.05, 0.1) is 7.11 Å². The van der Waals surface area contributed by atoms with Crippen molar-refractivity contribution in [3.05, 3.63) is 11.1 Å². The van der Waals surface area contributed by atoms with Crippen LogP contribution in [0.25, 0.3) is 0 Å². The molecule has 0 aromatic rings. The van der Waals surface area contributed by atoms with E-state index in [1.54, 1.807) is 0 Å². The van der Waals surface area contributed by atoms with Gasteiger partial charge in [-0.25, -0.2) is 4.79 Å². The molecular formula is C13H24O2. The maximum absolute atomic E-state index is 11.3. The number of allylic oxidation sites excluding steroid dienone is 1. The summed E-state index contributed by atoms with van der Waals surface area (Å²) in [6.45, 7) is 6.17. The Morgan fingerprint density at radius 1 is 1.13 bits per heavy atom. The lowest BCUT2D eigenvalue weighted by Crippen LogP contribution is -2.05. The van der Waals surface area contributed by atoms with Gasteiger partial charge in [-0.3, -0.25) is 0 Å². The molecule has 0 aromatic carbocycles. The Hall–Kier alpha value is -0.790. The van der Waals surface area contributed by atoms with Crippen molar-refractivity contribution in [1.29, 1.82) is 0 Å². The lowest BCUT2D eigenvalue weighted by atomic mass is 10.00. The van der Waals surface area contributed by atoms with Crippen LogP contribution in [0.2, 0.25) is 0 Å². The van der Waals surface area contributed by atoms with E-state index in [2.05, 4.69) is 13.8 Å². The smallest absolute Gasteiger partial charge is 0.333 e. The van der Waals surface area contributed by atoms with Crippen molar-refractivity contribution in [3.63, 3.8) is 0 Å². The highest BCUT2D eigenvalue weighted by atomic mass is 16.5. The van der Waals surface area contributed by atoms with Crippen molar-refractivity contribution in [2.45, 2.75) is 59.3 Å². The van der Waals surface area contributed by atoms with Gasteiger partial charge >= 0.3 is 5.97 Å². The minimum atomic E-state index is -0.178. The molecule has 0 saturated carbocycles. The number of rotatable bonds is 7. The average molecular weight is 212 g/mol. The molecule has 0 N–H and O–H groups in total. The van der Waals surface area contributed by atoms with Gasteiger partial charge in [-0.1, -0.05) is 38.7 Å². The summed E-state index contributed by atoms with van der Waals surface area (Å²) >= 11 is 0. The molecule has 0 amide bonds. The van der Waals surface area contributed by atoms with Gasteiger partial charge in [0.2, 0.25) is 0 Å². The van der Waals surface area contributed by atoms with Gasteiger partial charge in [0.25, 0.3) is 0 Å². The predicted molar refractivity (Wildman–Crippen MR) is 63.8 cm³/mol. The highest BCUT2D eigenvalue weighted by molar-refractivity contribution is 5.88. The Kier molecular flexibility index (Phi) is 8.06. The molecule has 0 radical (unpaired) electrons. The van der Waals surface area contributed by atoms with Crippen molar-refractivity contribution in [2.75, 3.05) is 7.11 Å². The second-order valence-electron chi connectivity index (χ2n) is 3.88. The fraction of sp³-hybridized carbons (Fsp3) is 0.769. The van der Waals surface area contributed by atoms with Crippen LogP contribution in [0, 0.1) is 0 Å². The molecular weight excluding hydrogens is 188 g/mol. The first-order chi connectivity index (χ1) is 7.17. The molecule has 0 aliphatic rings. The second-order valence-corrected chi connectivity index (χ2v) is 3.88. The monoisotopic (exact) mass is 212 g/mol. The molecule has 0 spiro atoms. The van der Waals surface area contributed by atoms with E-state index in [0.717, 1.165) is 18.4 Å². The molecule has 0 unspecified atom stereocenters. The van der Waals surface area contributed by atoms with Crippen LogP contribution in [-0.2, 0) is 9.53 Å². The van der Waals surface area contributed by atoms with E-state index >= 15 is 0 Å². The summed E-state index contributed by atoms with van der Waals surface area (Å²) in [5.41, 5.74) is 2.05. The third-order valence-corrected chi connectivity index (χ3v) is 2.78. The van der Waals surface area contributed by atoms with E-state index in [0.29, 0.717) is 0 Å². The summed E-state index contributed by atoms with van der Waals surface area (Å²) in [5, 5.41) is 0. The highest BCUT2D eigenvalue weighted by Crippen LogP contribution is 2.18. The van der Waals surface area contributed by atoms with E-state index in [9.17, 15) is 4.79 Å². The Morgan fingerprint density at radius 2 is 1.80 bits per heavy atom. The molecule has 2 nitrogen and oxygen atoms in total. The number of hydrogen-bond acceptors (Lipinski definition) is 2. The van der Waals surface area contributed by atoms with Crippen LogP contribution in [0.5, 0.6) is 0 Å². The van der Waals surface area contributed by atoms with Crippen LogP contribution in [0.4, 0.5) is 0 Å². The van der Waals surface area contributed by atoms with Gasteiger partial charge < -0.3 is 4.74 Å². The van der Waals surface area contributed by atoms with Gasteiger partial charge in [-0.05, 0) is 26.2 Å². The average Bonchev–Trinajstić information content (AvgIpc) is 2.27. The van der Waals surface area contributed by atoms with Crippen LogP contribution in [-0.4, -0.2) is 13.1 Å². The molecule has 0 aromatic heterocycles. The molecule has 0 aliphatic heterocycles. The lowest BCUT2D eigenvalue weighted by molar-refractivity contribution is -0.136. The lowest BCUT2D eigenvalue weighted by Gasteiger charge is -2.08. The van der Waals surface area contributed by atoms with Gasteiger partial charge in [0.1, 0.15) is 0 Å². The third kappa shape index (κ3) is 5.60. The molecule has 88 valence electrons. The van der Waals surface area contributed by atoms with E-state index in [1.165, 1.54) is 38.4 Å². The zero-order valence-electron chi connectivity index (χ0n) is 10.6. The fourth-order valence-corrected chi connectivity index (χ4v) is 1.69. The van der Waals surface area contributed by atoms with Crippen LogP contribution >= 0.6 is 0 Å². The van der Waals surface area contributed by atoms with Gasteiger partial charge in [0.15, 0.2) is 0 Å². The zero-order chi connectivity index (χ0) is 11.7. The third-order valence-electron chi connectivity index (χ3n) is 2.78. The van der Waals surface area contributed by atoms with Gasteiger partial charge in [-0.15, -0.1) is 0 Å². The number of ether oxygens (including phenoxy) is 1. The summed E-state index contributed by atoms with van der Waals surface area (Å²) in [7, 11) is 1.44. The molecule has 0 bridgehead atoms. The van der Waals surface area contributed by atoms with Gasteiger partial charge in [-0.2, -0.15) is 0 Å². The topological polar surface area (TPSA) is 26.3 Å². The molecule has 2 heteroatoms. The van der Waals surface area contributed by atoms with Crippen LogP contribution in [0.3, 0.4) is 0 Å². The van der Waals surface area contributed by atoms with Crippen molar-refractivity contribution < 1.29 is 9.53 Å². The standard InChI is InChI=1S/C13H24O2/c1-5-7-8-9-10-12(6-2)11(3)13(14)15-4/h5-10H2,1-4H3/b12-11-. The summed E-state index contributed by atoms with van der Waals surface area (Å²) in [4.78, 5) is 11.3. The first-order valence-corrected chi connectivity index (χ1v) is 5.94. The largest absolute Gasteiger partial charge is 0.466 e. The zero-order valence-corrected chi connectivity index (χ0v) is 10.6. The predicted octanol–water partition coefficient (Wildman–Crippen LogP) is 3.86. The van der Waals surface area contributed by atoms with Crippen LogP contribution in [0.15, 0.2) is 11.1 Å². The number of hydrogen-bond donors (Lipinski definition) is 0. The molecule has 0 fully saturated rings. The van der Waals surface area contributed by atoms with Crippen molar-refractivity contribution in [3.8, 4) is 0 Å². The Labute approximate surface area is 93.7 Å². The summed E-state index contributed by atoms with van der Waals surface area (Å²) in [6, 6.07) is 0. The fourth-order valence-electron chi connectivity index (χ4n) is 1.69.